The van der Waals surface area contributed by atoms with Crippen LogP contribution in [0.4, 0.5) is 17.1 Å². The van der Waals surface area contributed by atoms with Crippen LogP contribution < -0.4 is 0 Å². The lowest BCUT2D eigenvalue weighted by molar-refractivity contribution is 1.30. The van der Waals surface area contributed by atoms with Crippen LogP contribution in [0.1, 0.15) is 11.1 Å². The van der Waals surface area contributed by atoms with Gasteiger partial charge in [-0.15, -0.1) is 0 Å². The third-order valence-electron chi connectivity index (χ3n) is 8.93. The van der Waals surface area contributed by atoms with Crippen molar-refractivity contribution in [2.75, 3.05) is 0 Å². The van der Waals surface area contributed by atoms with Gasteiger partial charge in [0.1, 0.15) is 0 Å². The summed E-state index contributed by atoms with van der Waals surface area (Å²) in [7, 11) is 0. The summed E-state index contributed by atoms with van der Waals surface area (Å²) < 4.78 is 0. The van der Waals surface area contributed by atoms with Crippen molar-refractivity contribution in [3.8, 4) is 57.0 Å². The molecule has 0 spiro atoms. The van der Waals surface area contributed by atoms with Gasteiger partial charge in [-0.05, 0) is 59.2 Å². The number of aromatic nitrogens is 3. The van der Waals surface area contributed by atoms with Crippen molar-refractivity contribution < 1.29 is 0 Å². The minimum atomic E-state index is 0.315. The summed E-state index contributed by atoms with van der Waals surface area (Å²) in [5.41, 5.74) is 9.55. The van der Waals surface area contributed by atoms with Gasteiger partial charge in [-0.2, -0.15) is 10.5 Å². The fraction of sp³-hybridized carbons (Fsp3) is 0. The van der Waals surface area contributed by atoms with Crippen molar-refractivity contribution in [1.29, 1.82) is 10.5 Å². The van der Waals surface area contributed by atoms with Gasteiger partial charge in [0, 0.05) is 32.8 Å². The van der Waals surface area contributed by atoms with Crippen molar-refractivity contribution in [3.05, 3.63) is 167 Å². The molecule has 0 saturated carbocycles. The number of pyridine rings is 1. The van der Waals surface area contributed by atoms with E-state index in [4.69, 9.17) is 34.7 Å². The van der Waals surface area contributed by atoms with Crippen LogP contribution in [0.3, 0.4) is 0 Å². The maximum absolute atomic E-state index is 9.51. The van der Waals surface area contributed by atoms with Crippen LogP contribution in [0.5, 0.6) is 0 Å². The van der Waals surface area contributed by atoms with Crippen LogP contribution in [-0.4, -0.2) is 15.0 Å². The fourth-order valence-electron chi connectivity index (χ4n) is 6.45. The SMILES string of the molecule is [C-]#[N+]c1ccc(-c2nc3c([N+]#[C-])cc4c(-c5ccc(-c6cc(C#N)cc([N+]#[C-])c6)cc5)nc5ccccc5c4c3nc2-c2ccc(C#N)cc2)cc1. The maximum atomic E-state index is 9.51. The van der Waals surface area contributed by atoms with Gasteiger partial charge in [0.2, 0.25) is 5.69 Å². The number of hydrogen-bond donors (Lipinski definition) is 0. The van der Waals surface area contributed by atoms with Gasteiger partial charge in [-0.3, -0.25) is 4.98 Å². The highest BCUT2D eigenvalue weighted by atomic mass is 14.9. The van der Waals surface area contributed by atoms with Gasteiger partial charge in [0.25, 0.3) is 0 Å². The Kier molecular flexibility index (Phi) is 7.57. The summed E-state index contributed by atoms with van der Waals surface area (Å²) in [5.74, 6) is 0. The highest BCUT2D eigenvalue weighted by Gasteiger charge is 2.21. The molecule has 236 valence electrons. The van der Waals surface area contributed by atoms with Gasteiger partial charge in [-0.1, -0.05) is 78.9 Å². The molecule has 8 aromatic rings. The lowest BCUT2D eigenvalue weighted by Gasteiger charge is -2.16. The van der Waals surface area contributed by atoms with Crippen molar-refractivity contribution in [3.63, 3.8) is 0 Å². The Hall–Kier alpha value is -8.22. The van der Waals surface area contributed by atoms with Crippen LogP contribution in [0.25, 0.3) is 92.1 Å². The Morgan fingerprint density at radius 3 is 1.71 bits per heavy atom. The molecule has 0 unspecified atom stereocenters. The fourth-order valence-corrected chi connectivity index (χ4v) is 6.45. The molecule has 0 radical (unpaired) electrons. The molecule has 0 fully saturated rings. The minimum Gasteiger partial charge on any atom is -0.255 e. The zero-order valence-electron chi connectivity index (χ0n) is 27.1. The molecular weight excluding hydrogens is 641 g/mol. The average molecular weight is 661 g/mol. The number of benzene rings is 6. The van der Waals surface area contributed by atoms with E-state index in [1.54, 1.807) is 42.5 Å². The number of nitriles is 2. The highest BCUT2D eigenvalue weighted by Crippen LogP contribution is 2.43. The van der Waals surface area contributed by atoms with E-state index in [9.17, 15) is 10.5 Å². The van der Waals surface area contributed by atoms with E-state index in [2.05, 4.69) is 26.7 Å². The first-order valence-electron chi connectivity index (χ1n) is 16.0. The third-order valence-corrected chi connectivity index (χ3v) is 8.93. The molecule has 6 aromatic carbocycles. The first kappa shape index (κ1) is 31.1. The number of fused-ring (bicyclic) bond motifs is 5. The average Bonchev–Trinajstić information content (AvgIpc) is 3.22. The molecule has 8 nitrogen and oxygen atoms in total. The Bertz CT molecular complexity index is 2950. The van der Waals surface area contributed by atoms with Crippen LogP contribution in [0, 0.1) is 42.4 Å². The number of nitrogens with zero attached hydrogens (tertiary/aromatic N) is 8. The quantitative estimate of drug-likeness (QED) is 0.138. The second-order valence-electron chi connectivity index (χ2n) is 11.9. The topological polar surface area (TPSA) is 99.3 Å². The van der Waals surface area contributed by atoms with Gasteiger partial charge in [-0.25, -0.2) is 24.5 Å². The molecular formula is C44H20N8. The molecule has 0 bridgehead atoms. The lowest BCUT2D eigenvalue weighted by atomic mass is 9.95. The van der Waals surface area contributed by atoms with Gasteiger partial charge < -0.3 is 0 Å². The highest BCUT2D eigenvalue weighted by molar-refractivity contribution is 6.23. The van der Waals surface area contributed by atoms with Crippen molar-refractivity contribution in [1.82, 2.24) is 15.0 Å². The molecule has 2 heterocycles. The molecule has 0 N–H and O–H groups in total. The Morgan fingerprint density at radius 2 is 1.06 bits per heavy atom. The predicted octanol–water partition coefficient (Wildman–Crippen LogP) is 11.4. The molecule has 0 saturated heterocycles. The summed E-state index contributed by atoms with van der Waals surface area (Å²) in [6.45, 7) is 23.1. The number of rotatable bonds is 4. The predicted molar refractivity (Wildman–Crippen MR) is 202 cm³/mol. The normalized spacial score (nSPS) is 10.6. The van der Waals surface area contributed by atoms with E-state index in [1.807, 2.05) is 78.9 Å². The van der Waals surface area contributed by atoms with Crippen LogP contribution in [-0.2, 0) is 0 Å². The van der Waals surface area contributed by atoms with E-state index in [0.717, 1.165) is 49.5 Å². The van der Waals surface area contributed by atoms with Crippen LogP contribution in [0.15, 0.2) is 121 Å². The summed E-state index contributed by atoms with van der Waals surface area (Å²) in [5, 5.41) is 21.4. The minimum absolute atomic E-state index is 0.315. The first-order chi connectivity index (χ1) is 25.5. The van der Waals surface area contributed by atoms with Crippen molar-refractivity contribution >= 4 is 49.8 Å². The van der Waals surface area contributed by atoms with Gasteiger partial charge in [0.05, 0.1) is 71.1 Å². The van der Waals surface area contributed by atoms with Crippen molar-refractivity contribution in [2.45, 2.75) is 0 Å². The Balaban J connectivity index is 1.42. The van der Waals surface area contributed by atoms with E-state index in [1.165, 1.54) is 0 Å². The second kappa shape index (κ2) is 12.7. The van der Waals surface area contributed by atoms with Crippen LogP contribution >= 0.6 is 0 Å². The van der Waals surface area contributed by atoms with Gasteiger partial charge in [0.15, 0.2) is 11.4 Å². The Labute approximate surface area is 298 Å². The van der Waals surface area contributed by atoms with Crippen molar-refractivity contribution in [2.24, 2.45) is 0 Å². The largest absolute Gasteiger partial charge is 0.255 e. The maximum Gasteiger partial charge on any atom is 0.215 e. The zero-order valence-corrected chi connectivity index (χ0v) is 27.1. The molecule has 0 aliphatic rings. The summed E-state index contributed by atoms with van der Waals surface area (Å²) in [4.78, 5) is 26.5. The molecule has 0 atom stereocenters. The summed E-state index contributed by atoms with van der Waals surface area (Å²) in [6, 6.07) is 41.1. The second-order valence-corrected chi connectivity index (χ2v) is 11.9. The van der Waals surface area contributed by atoms with Gasteiger partial charge >= 0.3 is 0 Å². The lowest BCUT2D eigenvalue weighted by Crippen LogP contribution is -1.98. The smallest absolute Gasteiger partial charge is 0.215 e. The number of hydrogen-bond acceptors (Lipinski definition) is 5. The first-order valence-corrected chi connectivity index (χ1v) is 16.0. The zero-order chi connectivity index (χ0) is 35.8. The van der Waals surface area contributed by atoms with E-state index in [0.29, 0.717) is 56.3 Å². The molecule has 0 aliphatic carbocycles. The standard InChI is InChI=1S/C44H20N8/c1-47-33-18-16-31(17-19-33)41-42(30-10-8-26(24-45)9-11-30)52-44-39-35-6-4-5-7-37(35)50-40(36(39)23-38(49-3)43(44)51-41)29-14-12-28(13-15-29)32-20-27(25-46)21-34(22-32)48-2/h4-23H. The molecule has 0 aliphatic heterocycles. The molecule has 52 heavy (non-hydrogen) atoms. The van der Waals surface area contributed by atoms with E-state index in [-0.39, 0.29) is 0 Å². The molecule has 2 aromatic heterocycles. The molecule has 0 amide bonds. The molecule has 8 heteroatoms. The Morgan fingerprint density at radius 1 is 0.462 bits per heavy atom. The third kappa shape index (κ3) is 5.27. The monoisotopic (exact) mass is 660 g/mol. The molecule has 8 rings (SSSR count). The number of para-hydroxylation sites is 1. The summed E-state index contributed by atoms with van der Waals surface area (Å²) >= 11 is 0. The summed E-state index contributed by atoms with van der Waals surface area (Å²) in [6.07, 6.45) is 0. The van der Waals surface area contributed by atoms with E-state index >= 15 is 0 Å². The van der Waals surface area contributed by atoms with E-state index < -0.39 is 0 Å². The van der Waals surface area contributed by atoms with Crippen LogP contribution in [0.2, 0.25) is 0 Å².